The number of hydrogen-bond acceptors (Lipinski definition) is 5. The fourth-order valence-electron chi connectivity index (χ4n) is 2.82. The molecule has 2 aliphatic rings. The zero-order chi connectivity index (χ0) is 12.8. The van der Waals surface area contributed by atoms with Gasteiger partial charge in [-0.1, -0.05) is 0 Å². The van der Waals surface area contributed by atoms with Crippen molar-refractivity contribution in [2.75, 3.05) is 31.7 Å². The van der Waals surface area contributed by atoms with E-state index in [0.29, 0.717) is 11.5 Å². The van der Waals surface area contributed by atoms with Gasteiger partial charge < -0.3 is 16.0 Å². The molecule has 18 heavy (non-hydrogen) atoms. The van der Waals surface area contributed by atoms with Crippen molar-refractivity contribution in [2.24, 2.45) is 0 Å². The van der Waals surface area contributed by atoms with Crippen LogP contribution in [0.2, 0.25) is 0 Å². The highest BCUT2D eigenvalue weighted by atomic mass is 32.1. The number of hydrogen-bond donors (Lipinski definition) is 2. The Morgan fingerprint density at radius 2 is 2.17 bits per heavy atom. The Balaban J connectivity index is 1.69. The van der Waals surface area contributed by atoms with Crippen LogP contribution >= 0.6 is 11.5 Å². The van der Waals surface area contributed by atoms with Gasteiger partial charge in [0.15, 0.2) is 0 Å². The van der Waals surface area contributed by atoms with Gasteiger partial charge >= 0.3 is 0 Å². The van der Waals surface area contributed by atoms with Gasteiger partial charge in [0.05, 0.1) is 0 Å². The summed E-state index contributed by atoms with van der Waals surface area (Å²) in [4.78, 5) is 2.37. The summed E-state index contributed by atoms with van der Waals surface area (Å²) in [6.07, 6.45) is 6.48. The predicted octanol–water partition coefficient (Wildman–Crippen LogP) is 2.50. The van der Waals surface area contributed by atoms with Crippen LogP contribution in [0, 0.1) is 0 Å². The number of nitrogens with zero attached hydrogens (tertiary/aromatic N) is 2. The SMILES string of the molecule is CN(C)C1(CNc2snc(N)c2C2CC2)CCC1. The van der Waals surface area contributed by atoms with Crippen LogP contribution < -0.4 is 11.1 Å². The third-order valence-electron chi connectivity index (χ3n) is 4.55. The van der Waals surface area contributed by atoms with Crippen molar-refractivity contribution >= 4 is 22.4 Å². The first-order valence-electron chi connectivity index (χ1n) is 6.79. The molecule has 0 bridgehead atoms. The molecule has 1 aromatic heterocycles. The molecule has 0 unspecified atom stereocenters. The number of likely N-dealkylation sites (N-methyl/N-ethyl adjacent to an activating group) is 1. The Hall–Kier alpha value is -0.810. The van der Waals surface area contributed by atoms with Crippen molar-refractivity contribution < 1.29 is 0 Å². The van der Waals surface area contributed by atoms with E-state index in [4.69, 9.17) is 5.73 Å². The smallest absolute Gasteiger partial charge is 0.142 e. The number of nitrogen functional groups attached to an aromatic ring is 1. The van der Waals surface area contributed by atoms with Gasteiger partial charge in [0.1, 0.15) is 10.8 Å². The molecule has 0 spiro atoms. The van der Waals surface area contributed by atoms with E-state index in [2.05, 4.69) is 28.7 Å². The lowest BCUT2D eigenvalue weighted by Gasteiger charge is -2.47. The number of nitrogens with one attached hydrogen (secondary N) is 1. The molecule has 0 aromatic carbocycles. The van der Waals surface area contributed by atoms with E-state index in [9.17, 15) is 0 Å². The molecule has 2 saturated carbocycles. The summed E-state index contributed by atoms with van der Waals surface area (Å²) in [5.74, 6) is 1.42. The Labute approximate surface area is 113 Å². The second kappa shape index (κ2) is 4.38. The van der Waals surface area contributed by atoms with Crippen molar-refractivity contribution in [3.05, 3.63) is 5.56 Å². The summed E-state index contributed by atoms with van der Waals surface area (Å²) >= 11 is 1.53. The first-order valence-corrected chi connectivity index (χ1v) is 7.56. The lowest BCUT2D eigenvalue weighted by Crippen LogP contribution is -2.54. The molecule has 3 N–H and O–H groups in total. The molecule has 2 aliphatic carbocycles. The first-order chi connectivity index (χ1) is 8.62. The number of aromatic nitrogens is 1. The molecule has 1 heterocycles. The van der Waals surface area contributed by atoms with Crippen LogP contribution in [-0.2, 0) is 0 Å². The Morgan fingerprint density at radius 3 is 2.67 bits per heavy atom. The second-order valence-corrected chi connectivity index (χ2v) is 6.68. The van der Waals surface area contributed by atoms with Crippen molar-refractivity contribution in [2.45, 2.75) is 43.6 Å². The topological polar surface area (TPSA) is 54.2 Å². The third kappa shape index (κ3) is 1.99. The summed E-state index contributed by atoms with van der Waals surface area (Å²) < 4.78 is 4.31. The quantitative estimate of drug-likeness (QED) is 0.860. The molecule has 100 valence electrons. The standard InChI is InChI=1S/C13H22N4S/c1-17(2)13(6-3-7-13)8-15-12-10(9-4-5-9)11(14)16-18-12/h9,15H,3-8H2,1-2H3,(H2,14,16). The fourth-order valence-corrected chi connectivity index (χ4v) is 3.61. The summed E-state index contributed by atoms with van der Waals surface area (Å²) in [6.45, 7) is 1.02. The number of rotatable bonds is 5. The monoisotopic (exact) mass is 266 g/mol. The second-order valence-electron chi connectivity index (χ2n) is 5.91. The van der Waals surface area contributed by atoms with E-state index in [1.54, 1.807) is 0 Å². The van der Waals surface area contributed by atoms with Gasteiger partial charge in [0.2, 0.25) is 0 Å². The number of anilines is 2. The molecule has 0 saturated heterocycles. The molecule has 5 heteroatoms. The first kappa shape index (κ1) is 12.2. The largest absolute Gasteiger partial charge is 0.383 e. The van der Waals surface area contributed by atoms with Gasteiger partial charge in [-0.2, -0.15) is 4.37 Å². The highest BCUT2D eigenvalue weighted by Crippen LogP contribution is 2.48. The van der Waals surface area contributed by atoms with Gasteiger partial charge in [0, 0.05) is 17.6 Å². The van der Waals surface area contributed by atoms with Gasteiger partial charge in [-0.3, -0.25) is 0 Å². The normalized spacial score (nSPS) is 21.9. The molecule has 0 atom stereocenters. The van der Waals surface area contributed by atoms with Crippen LogP contribution in [0.3, 0.4) is 0 Å². The Morgan fingerprint density at radius 1 is 1.44 bits per heavy atom. The van der Waals surface area contributed by atoms with E-state index in [1.807, 2.05) is 0 Å². The van der Waals surface area contributed by atoms with E-state index in [-0.39, 0.29) is 0 Å². The summed E-state index contributed by atoms with van der Waals surface area (Å²) in [5, 5.41) is 4.83. The molecule has 0 amide bonds. The van der Waals surface area contributed by atoms with Gasteiger partial charge in [-0.05, 0) is 63.6 Å². The summed E-state index contributed by atoms with van der Waals surface area (Å²) in [5.41, 5.74) is 7.61. The lowest BCUT2D eigenvalue weighted by molar-refractivity contribution is 0.0740. The minimum absolute atomic E-state index is 0.347. The van der Waals surface area contributed by atoms with Gasteiger partial charge in [-0.25, -0.2) is 0 Å². The molecule has 0 aliphatic heterocycles. The molecule has 2 fully saturated rings. The predicted molar refractivity (Wildman–Crippen MR) is 77.3 cm³/mol. The minimum Gasteiger partial charge on any atom is -0.383 e. The minimum atomic E-state index is 0.347. The summed E-state index contributed by atoms with van der Waals surface area (Å²) in [7, 11) is 4.37. The van der Waals surface area contributed by atoms with Crippen molar-refractivity contribution in [1.82, 2.24) is 9.27 Å². The fraction of sp³-hybridized carbons (Fsp3) is 0.769. The molecule has 4 nitrogen and oxygen atoms in total. The molecular formula is C13H22N4S. The van der Waals surface area contributed by atoms with Crippen LogP contribution in [0.4, 0.5) is 10.8 Å². The van der Waals surface area contributed by atoms with Gasteiger partial charge in [-0.15, -0.1) is 0 Å². The molecule has 3 rings (SSSR count). The van der Waals surface area contributed by atoms with Crippen molar-refractivity contribution in [3.63, 3.8) is 0 Å². The van der Waals surface area contributed by atoms with Gasteiger partial charge in [0.25, 0.3) is 0 Å². The molecular weight excluding hydrogens is 244 g/mol. The van der Waals surface area contributed by atoms with Crippen molar-refractivity contribution in [1.29, 1.82) is 0 Å². The van der Waals surface area contributed by atoms with E-state index < -0.39 is 0 Å². The van der Waals surface area contributed by atoms with Crippen molar-refractivity contribution in [3.8, 4) is 0 Å². The van der Waals surface area contributed by atoms with Crippen LogP contribution in [-0.4, -0.2) is 35.5 Å². The van der Waals surface area contributed by atoms with Crippen LogP contribution in [0.5, 0.6) is 0 Å². The maximum Gasteiger partial charge on any atom is 0.142 e. The maximum atomic E-state index is 5.98. The maximum absolute atomic E-state index is 5.98. The molecule has 1 aromatic rings. The zero-order valence-corrected chi connectivity index (χ0v) is 12.0. The van der Waals surface area contributed by atoms with Crippen LogP contribution in [0.25, 0.3) is 0 Å². The number of nitrogens with two attached hydrogens (primary N) is 1. The average molecular weight is 266 g/mol. The van der Waals surface area contributed by atoms with E-state index in [1.165, 1.54) is 54.2 Å². The third-order valence-corrected chi connectivity index (χ3v) is 5.39. The summed E-state index contributed by atoms with van der Waals surface area (Å²) in [6, 6.07) is 0. The zero-order valence-electron chi connectivity index (χ0n) is 11.2. The average Bonchev–Trinajstić information content (AvgIpc) is 3.02. The highest BCUT2D eigenvalue weighted by Gasteiger charge is 2.39. The van der Waals surface area contributed by atoms with E-state index >= 15 is 0 Å². The highest BCUT2D eigenvalue weighted by molar-refractivity contribution is 7.10. The lowest BCUT2D eigenvalue weighted by atomic mass is 9.75. The van der Waals surface area contributed by atoms with Crippen LogP contribution in [0.1, 0.15) is 43.6 Å². The molecule has 0 radical (unpaired) electrons. The Kier molecular flexibility index (Phi) is 2.98. The van der Waals surface area contributed by atoms with E-state index in [0.717, 1.165) is 12.4 Å². The van der Waals surface area contributed by atoms with Crippen LogP contribution in [0.15, 0.2) is 0 Å². The Bertz CT molecular complexity index is 432.